The molecule has 1 aromatic carbocycles. The maximum atomic E-state index is 4.85. The molecule has 2 aromatic rings. The monoisotopic (exact) mass is 284 g/mol. The summed E-state index contributed by atoms with van der Waals surface area (Å²) in [5.41, 5.74) is 2.33. The molecule has 0 bridgehead atoms. The largest absolute Gasteiger partial charge is 0.342 e. The molecule has 4 heteroatoms. The van der Waals surface area contributed by atoms with E-state index in [9.17, 15) is 0 Å². The molecule has 2 aliphatic rings. The molecule has 1 N–H and O–H groups in total. The summed E-state index contributed by atoms with van der Waals surface area (Å²) in [7, 11) is 2.14. The highest BCUT2D eigenvalue weighted by Gasteiger charge is 2.26. The lowest BCUT2D eigenvalue weighted by Crippen LogP contribution is -2.41. The highest BCUT2D eigenvalue weighted by molar-refractivity contribution is 5.78. The van der Waals surface area contributed by atoms with Crippen molar-refractivity contribution in [1.82, 2.24) is 14.9 Å². The third-order valence-electron chi connectivity index (χ3n) is 4.84. The minimum Gasteiger partial charge on any atom is -0.342 e. The number of fused-ring (bicyclic) bond motifs is 1. The maximum Gasteiger partial charge on any atom is 0.206 e. The van der Waals surface area contributed by atoms with Crippen LogP contribution < -0.4 is 10.2 Å². The Hall–Kier alpha value is -1.55. The van der Waals surface area contributed by atoms with Crippen molar-refractivity contribution in [2.45, 2.75) is 31.7 Å². The van der Waals surface area contributed by atoms with Gasteiger partial charge in [0.1, 0.15) is 0 Å². The first-order valence-electron chi connectivity index (χ1n) is 8.21. The van der Waals surface area contributed by atoms with Gasteiger partial charge in [0, 0.05) is 26.2 Å². The number of hydrogen-bond acceptors (Lipinski definition) is 3. The van der Waals surface area contributed by atoms with Gasteiger partial charge in [0.15, 0.2) is 0 Å². The van der Waals surface area contributed by atoms with Crippen LogP contribution in [0.3, 0.4) is 0 Å². The second-order valence-corrected chi connectivity index (χ2v) is 6.60. The third kappa shape index (κ3) is 2.64. The molecule has 4 rings (SSSR count). The second kappa shape index (κ2) is 5.34. The zero-order valence-electron chi connectivity index (χ0n) is 12.8. The van der Waals surface area contributed by atoms with Gasteiger partial charge >= 0.3 is 0 Å². The molecule has 1 saturated carbocycles. The van der Waals surface area contributed by atoms with Gasteiger partial charge in [-0.15, -0.1) is 0 Å². The number of benzene rings is 1. The zero-order valence-corrected chi connectivity index (χ0v) is 12.8. The Morgan fingerprint density at radius 3 is 2.90 bits per heavy atom. The maximum absolute atomic E-state index is 4.85. The first-order chi connectivity index (χ1) is 10.3. The number of aryl methyl sites for hydroxylation is 1. The summed E-state index contributed by atoms with van der Waals surface area (Å²) in [6.45, 7) is 3.44. The number of nitrogens with one attached hydrogen (secondary N) is 1. The molecule has 0 amide bonds. The molecule has 4 nitrogen and oxygen atoms in total. The minimum absolute atomic E-state index is 0.763. The van der Waals surface area contributed by atoms with Crippen molar-refractivity contribution < 1.29 is 0 Å². The fourth-order valence-electron chi connectivity index (χ4n) is 3.45. The summed E-state index contributed by atoms with van der Waals surface area (Å²) in [6.07, 6.45) is 5.38. The van der Waals surface area contributed by atoms with Gasteiger partial charge in [0.05, 0.1) is 11.0 Å². The van der Waals surface area contributed by atoms with Crippen molar-refractivity contribution in [3.05, 3.63) is 24.3 Å². The van der Waals surface area contributed by atoms with Crippen molar-refractivity contribution in [1.29, 1.82) is 0 Å². The summed E-state index contributed by atoms with van der Waals surface area (Å²) < 4.78 is 2.24. The van der Waals surface area contributed by atoms with E-state index in [0.29, 0.717) is 0 Å². The molecular weight excluding hydrogens is 260 g/mol. The van der Waals surface area contributed by atoms with Gasteiger partial charge in [0.25, 0.3) is 0 Å². The molecule has 0 radical (unpaired) electrons. The van der Waals surface area contributed by atoms with E-state index in [-0.39, 0.29) is 0 Å². The van der Waals surface area contributed by atoms with Crippen molar-refractivity contribution in [2.75, 3.05) is 24.5 Å². The lowest BCUT2D eigenvalue weighted by atomic mass is 9.98. The van der Waals surface area contributed by atoms with Crippen molar-refractivity contribution in [2.24, 2.45) is 13.0 Å². The smallest absolute Gasteiger partial charge is 0.206 e. The third-order valence-corrected chi connectivity index (χ3v) is 4.84. The normalized spacial score (nSPS) is 22.9. The van der Waals surface area contributed by atoms with Crippen LogP contribution in [0.15, 0.2) is 24.3 Å². The Morgan fingerprint density at radius 2 is 2.10 bits per heavy atom. The average molecular weight is 284 g/mol. The van der Waals surface area contributed by atoms with E-state index in [1.54, 1.807) is 0 Å². The first kappa shape index (κ1) is 13.1. The Labute approximate surface area is 126 Å². The van der Waals surface area contributed by atoms with Crippen molar-refractivity contribution in [3.63, 3.8) is 0 Å². The molecule has 1 atom stereocenters. The highest BCUT2D eigenvalue weighted by Crippen LogP contribution is 2.26. The molecule has 1 aliphatic carbocycles. The molecule has 0 spiro atoms. The van der Waals surface area contributed by atoms with E-state index < -0.39 is 0 Å². The summed E-state index contributed by atoms with van der Waals surface area (Å²) >= 11 is 0. The van der Waals surface area contributed by atoms with Crippen LogP contribution in [0.25, 0.3) is 11.0 Å². The van der Waals surface area contributed by atoms with Gasteiger partial charge in [-0.25, -0.2) is 4.98 Å². The molecule has 1 aromatic heterocycles. The van der Waals surface area contributed by atoms with Gasteiger partial charge in [-0.3, -0.25) is 0 Å². The van der Waals surface area contributed by atoms with E-state index in [0.717, 1.165) is 36.5 Å². The number of rotatable bonds is 4. The van der Waals surface area contributed by atoms with Crippen LogP contribution >= 0.6 is 0 Å². The highest BCUT2D eigenvalue weighted by atomic mass is 15.3. The van der Waals surface area contributed by atoms with Gasteiger partial charge in [-0.2, -0.15) is 0 Å². The van der Waals surface area contributed by atoms with Crippen molar-refractivity contribution >= 4 is 17.0 Å². The number of hydrogen-bond donors (Lipinski definition) is 1. The van der Waals surface area contributed by atoms with E-state index in [2.05, 4.69) is 46.1 Å². The average Bonchev–Trinajstić information content (AvgIpc) is 3.29. The lowest BCUT2D eigenvalue weighted by Gasteiger charge is -2.33. The fourth-order valence-corrected chi connectivity index (χ4v) is 3.45. The molecular formula is C17H24N4. The summed E-state index contributed by atoms with van der Waals surface area (Å²) in [5.74, 6) is 1.89. The molecule has 2 heterocycles. The number of piperidine rings is 1. The minimum atomic E-state index is 0.763. The Morgan fingerprint density at radius 1 is 1.24 bits per heavy atom. The van der Waals surface area contributed by atoms with Crippen LogP contribution in [0.5, 0.6) is 0 Å². The van der Waals surface area contributed by atoms with Gasteiger partial charge < -0.3 is 14.8 Å². The van der Waals surface area contributed by atoms with Crippen molar-refractivity contribution in [3.8, 4) is 0 Å². The quantitative estimate of drug-likeness (QED) is 0.936. The topological polar surface area (TPSA) is 33.1 Å². The van der Waals surface area contributed by atoms with Gasteiger partial charge in [-0.1, -0.05) is 12.1 Å². The Balaban J connectivity index is 1.51. The molecule has 112 valence electrons. The van der Waals surface area contributed by atoms with Crippen LogP contribution in [0.4, 0.5) is 5.95 Å². The molecule has 1 aliphatic heterocycles. The summed E-state index contributed by atoms with van der Waals surface area (Å²) in [6, 6.07) is 9.23. The number of nitrogens with zero attached hydrogens (tertiary/aromatic N) is 3. The van der Waals surface area contributed by atoms with E-state index >= 15 is 0 Å². The van der Waals surface area contributed by atoms with Crippen LogP contribution in [0.1, 0.15) is 25.7 Å². The number of para-hydroxylation sites is 2. The van der Waals surface area contributed by atoms with Gasteiger partial charge in [-0.05, 0) is 50.3 Å². The fraction of sp³-hybridized carbons (Fsp3) is 0.588. The second-order valence-electron chi connectivity index (χ2n) is 6.60. The van der Waals surface area contributed by atoms with E-state index in [1.807, 2.05) is 0 Å². The van der Waals surface area contributed by atoms with Crippen LogP contribution in [0.2, 0.25) is 0 Å². The van der Waals surface area contributed by atoms with Crippen LogP contribution in [-0.2, 0) is 7.05 Å². The van der Waals surface area contributed by atoms with Crippen LogP contribution in [-0.4, -0.2) is 35.2 Å². The number of anilines is 1. The van der Waals surface area contributed by atoms with E-state index in [4.69, 9.17) is 4.98 Å². The van der Waals surface area contributed by atoms with E-state index in [1.165, 1.54) is 37.7 Å². The van der Waals surface area contributed by atoms with Crippen LogP contribution in [0, 0.1) is 5.92 Å². The Bertz CT molecular complexity index is 629. The molecule has 2 fully saturated rings. The SMILES string of the molecule is Cn1c(N2CCCC(CNC3CC3)C2)nc2ccccc21. The first-order valence-corrected chi connectivity index (χ1v) is 8.21. The summed E-state index contributed by atoms with van der Waals surface area (Å²) in [5, 5.41) is 3.69. The Kier molecular flexibility index (Phi) is 3.34. The molecule has 1 saturated heterocycles. The van der Waals surface area contributed by atoms with Gasteiger partial charge in [0.2, 0.25) is 5.95 Å². The molecule has 1 unspecified atom stereocenters. The standard InChI is InChI=1S/C17H24N4/c1-20-16-7-3-2-6-15(16)19-17(20)21-10-4-5-13(12-21)11-18-14-8-9-14/h2-3,6-7,13-14,18H,4-5,8-12H2,1H3. The summed E-state index contributed by atoms with van der Waals surface area (Å²) in [4.78, 5) is 7.32. The molecule has 21 heavy (non-hydrogen) atoms. The number of aromatic nitrogens is 2. The lowest BCUT2D eigenvalue weighted by molar-refractivity contribution is 0.387. The predicted octanol–water partition coefficient (Wildman–Crippen LogP) is 2.54. The zero-order chi connectivity index (χ0) is 14.2. The number of imidazole rings is 1. The predicted molar refractivity (Wildman–Crippen MR) is 86.7 cm³/mol.